The van der Waals surface area contributed by atoms with E-state index in [-0.39, 0.29) is 0 Å². The van der Waals surface area contributed by atoms with Crippen molar-refractivity contribution < 1.29 is 0 Å². The van der Waals surface area contributed by atoms with Gasteiger partial charge in [0.1, 0.15) is 0 Å². The first-order chi connectivity index (χ1) is 10.7. The van der Waals surface area contributed by atoms with E-state index < -0.39 is 0 Å². The second-order valence-electron chi connectivity index (χ2n) is 6.12. The molecule has 2 aromatic rings. The molecule has 0 fully saturated rings. The summed E-state index contributed by atoms with van der Waals surface area (Å²) < 4.78 is 0. The first-order valence-corrected chi connectivity index (χ1v) is 8.59. The van der Waals surface area contributed by atoms with Gasteiger partial charge in [-0.25, -0.2) is 0 Å². The maximum atomic E-state index is 2.28. The summed E-state index contributed by atoms with van der Waals surface area (Å²) in [6.45, 7) is 6.66. The first kappa shape index (κ1) is 16.5. The Morgan fingerprint density at radius 2 is 1.36 bits per heavy atom. The normalized spacial score (nSPS) is 11.7. The third-order valence-corrected chi connectivity index (χ3v) is 4.13. The Balaban J connectivity index is 2.07. The van der Waals surface area contributed by atoms with Crippen molar-refractivity contribution in [2.45, 2.75) is 52.9 Å². The Labute approximate surface area is 135 Å². The van der Waals surface area contributed by atoms with Crippen LogP contribution in [0.5, 0.6) is 0 Å². The summed E-state index contributed by atoms with van der Waals surface area (Å²) in [7, 11) is 0. The second-order valence-corrected chi connectivity index (χ2v) is 6.12. The molecule has 0 heteroatoms. The predicted molar refractivity (Wildman–Crippen MR) is 99.0 cm³/mol. The Bertz CT molecular complexity index is 585. The lowest BCUT2D eigenvalue weighted by atomic mass is 10.0. The van der Waals surface area contributed by atoms with E-state index in [4.69, 9.17) is 0 Å². The molecule has 2 aromatic carbocycles. The van der Waals surface area contributed by atoms with Gasteiger partial charge in [0.05, 0.1) is 0 Å². The molecule has 0 saturated heterocycles. The van der Waals surface area contributed by atoms with Gasteiger partial charge in [0.15, 0.2) is 0 Å². The number of unbranched alkanes of at least 4 members (excludes halogenated alkanes) is 1. The van der Waals surface area contributed by atoms with Gasteiger partial charge < -0.3 is 0 Å². The van der Waals surface area contributed by atoms with Crippen LogP contribution in [0.15, 0.2) is 48.5 Å². The van der Waals surface area contributed by atoms with Gasteiger partial charge in [-0.2, -0.15) is 0 Å². The average Bonchev–Trinajstić information content (AvgIpc) is 2.55. The van der Waals surface area contributed by atoms with Crippen molar-refractivity contribution in [3.63, 3.8) is 0 Å². The van der Waals surface area contributed by atoms with Gasteiger partial charge in [0.25, 0.3) is 0 Å². The quantitative estimate of drug-likeness (QED) is 0.508. The number of aryl methyl sites for hydroxylation is 2. The van der Waals surface area contributed by atoms with Crippen LogP contribution < -0.4 is 0 Å². The van der Waals surface area contributed by atoms with E-state index in [9.17, 15) is 0 Å². The number of hydrogen-bond acceptors (Lipinski definition) is 0. The fourth-order valence-electron chi connectivity index (χ4n) is 2.72. The van der Waals surface area contributed by atoms with Gasteiger partial charge in [-0.1, -0.05) is 81.3 Å². The molecule has 0 unspecified atom stereocenters. The minimum Gasteiger partial charge on any atom is -0.0654 e. The van der Waals surface area contributed by atoms with Crippen LogP contribution in [0.1, 0.15) is 62.3 Å². The molecule has 0 spiro atoms. The zero-order valence-electron chi connectivity index (χ0n) is 14.2. The molecule has 2 rings (SSSR count). The van der Waals surface area contributed by atoms with Gasteiger partial charge in [-0.15, -0.1) is 0 Å². The van der Waals surface area contributed by atoms with Crippen molar-refractivity contribution >= 4 is 11.6 Å². The van der Waals surface area contributed by atoms with Crippen LogP contribution in [0.4, 0.5) is 0 Å². The lowest BCUT2D eigenvalue weighted by Crippen LogP contribution is -1.86. The molecule has 0 atom stereocenters. The topological polar surface area (TPSA) is 0 Å². The van der Waals surface area contributed by atoms with Crippen LogP contribution in [-0.4, -0.2) is 0 Å². The molecule has 0 aliphatic heterocycles. The summed E-state index contributed by atoms with van der Waals surface area (Å²) in [5, 5.41) is 0. The number of allylic oxidation sites excluding steroid dienone is 1. The molecule has 0 bridgehead atoms. The number of benzene rings is 2. The highest BCUT2D eigenvalue weighted by Crippen LogP contribution is 2.19. The SMILES string of the molecule is CCCCc1ccc(C=C(C)c2ccc(CCC)cc2)cc1. The van der Waals surface area contributed by atoms with E-state index in [1.54, 1.807) is 0 Å². The molecule has 0 saturated carbocycles. The van der Waals surface area contributed by atoms with E-state index in [0.29, 0.717) is 0 Å². The fraction of sp³-hybridized carbons (Fsp3) is 0.364. The molecule has 0 heterocycles. The van der Waals surface area contributed by atoms with E-state index in [2.05, 4.69) is 75.4 Å². The molecule has 0 radical (unpaired) electrons. The second kappa shape index (κ2) is 8.58. The van der Waals surface area contributed by atoms with Gasteiger partial charge in [-0.3, -0.25) is 0 Å². The predicted octanol–water partition coefficient (Wildman–Crippen LogP) is 6.54. The van der Waals surface area contributed by atoms with E-state index in [1.165, 1.54) is 59.9 Å². The molecule has 0 aromatic heterocycles. The zero-order valence-corrected chi connectivity index (χ0v) is 14.2. The highest BCUT2D eigenvalue weighted by molar-refractivity contribution is 5.80. The lowest BCUT2D eigenvalue weighted by Gasteiger charge is -2.05. The highest BCUT2D eigenvalue weighted by atomic mass is 14.0. The average molecular weight is 292 g/mol. The minimum absolute atomic E-state index is 1.17. The van der Waals surface area contributed by atoms with Crippen LogP contribution in [0.3, 0.4) is 0 Å². The zero-order chi connectivity index (χ0) is 15.8. The van der Waals surface area contributed by atoms with Gasteiger partial charge >= 0.3 is 0 Å². The molecule has 116 valence electrons. The maximum absolute atomic E-state index is 2.28. The number of hydrogen-bond donors (Lipinski definition) is 0. The largest absolute Gasteiger partial charge is 0.0654 e. The van der Waals surface area contributed by atoms with Crippen LogP contribution in [0, 0.1) is 0 Å². The van der Waals surface area contributed by atoms with Crippen molar-refractivity contribution in [3.05, 3.63) is 70.8 Å². The van der Waals surface area contributed by atoms with Crippen molar-refractivity contribution in [1.82, 2.24) is 0 Å². The number of rotatable bonds is 7. The van der Waals surface area contributed by atoms with Gasteiger partial charge in [0.2, 0.25) is 0 Å². The third kappa shape index (κ3) is 4.87. The summed E-state index contributed by atoms with van der Waals surface area (Å²) in [6, 6.07) is 18.0. The van der Waals surface area contributed by atoms with E-state index >= 15 is 0 Å². The van der Waals surface area contributed by atoms with Crippen molar-refractivity contribution in [2.75, 3.05) is 0 Å². The molecule has 0 N–H and O–H groups in total. The van der Waals surface area contributed by atoms with Gasteiger partial charge in [-0.05, 0) is 54.0 Å². The maximum Gasteiger partial charge on any atom is -0.0227 e. The van der Waals surface area contributed by atoms with Crippen molar-refractivity contribution in [2.24, 2.45) is 0 Å². The van der Waals surface area contributed by atoms with E-state index in [0.717, 1.165) is 0 Å². The van der Waals surface area contributed by atoms with Crippen LogP contribution in [-0.2, 0) is 12.8 Å². The Kier molecular flexibility index (Phi) is 6.45. The first-order valence-electron chi connectivity index (χ1n) is 8.59. The molecule has 0 aliphatic carbocycles. The summed E-state index contributed by atoms with van der Waals surface area (Å²) in [5.74, 6) is 0. The summed E-state index contributed by atoms with van der Waals surface area (Å²) >= 11 is 0. The molecule has 0 nitrogen and oxygen atoms in total. The summed E-state index contributed by atoms with van der Waals surface area (Å²) in [6.07, 6.45) is 8.38. The van der Waals surface area contributed by atoms with Crippen LogP contribution in [0.2, 0.25) is 0 Å². The summed E-state index contributed by atoms with van der Waals surface area (Å²) in [4.78, 5) is 0. The Morgan fingerprint density at radius 3 is 1.95 bits per heavy atom. The standard InChI is InChI=1S/C22H28/c1-4-6-8-20-9-11-21(12-10-20)17-18(3)22-15-13-19(7-5-2)14-16-22/h9-17H,4-8H2,1-3H3. The smallest absolute Gasteiger partial charge is 0.0227 e. The molecular formula is C22H28. The lowest BCUT2D eigenvalue weighted by molar-refractivity contribution is 0.795. The van der Waals surface area contributed by atoms with E-state index in [1.807, 2.05) is 0 Å². The molecule has 0 amide bonds. The Hall–Kier alpha value is -1.82. The van der Waals surface area contributed by atoms with Crippen molar-refractivity contribution in [3.8, 4) is 0 Å². The highest BCUT2D eigenvalue weighted by Gasteiger charge is 1.98. The van der Waals surface area contributed by atoms with Crippen LogP contribution >= 0.6 is 0 Å². The van der Waals surface area contributed by atoms with Crippen molar-refractivity contribution in [1.29, 1.82) is 0 Å². The fourth-order valence-corrected chi connectivity index (χ4v) is 2.72. The van der Waals surface area contributed by atoms with Gasteiger partial charge in [0, 0.05) is 0 Å². The molecular weight excluding hydrogens is 264 g/mol. The van der Waals surface area contributed by atoms with Crippen LogP contribution in [0.25, 0.3) is 11.6 Å². The third-order valence-electron chi connectivity index (χ3n) is 4.13. The molecule has 0 aliphatic rings. The minimum atomic E-state index is 1.17. The summed E-state index contributed by atoms with van der Waals surface area (Å²) in [5.41, 5.74) is 6.80. The monoisotopic (exact) mass is 292 g/mol. The Morgan fingerprint density at radius 1 is 0.773 bits per heavy atom. The molecule has 22 heavy (non-hydrogen) atoms.